The molecule has 2 aromatic carbocycles. The van der Waals surface area contributed by atoms with Gasteiger partial charge in [0.25, 0.3) is 5.69 Å². The molecule has 1 aliphatic rings. The van der Waals surface area contributed by atoms with Crippen LogP contribution >= 0.6 is 0 Å². The van der Waals surface area contributed by atoms with E-state index in [1.54, 1.807) is 4.90 Å². The zero-order valence-corrected chi connectivity index (χ0v) is 16.7. The number of carbonyl (C=O) groups excluding carboxylic acids is 1. The molecule has 0 atom stereocenters. The second-order valence-corrected chi connectivity index (χ2v) is 8.64. The monoisotopic (exact) mass is 458 g/mol. The van der Waals surface area contributed by atoms with E-state index in [1.165, 1.54) is 4.31 Å². The maximum absolute atomic E-state index is 13.7. The van der Waals surface area contributed by atoms with Crippen molar-refractivity contribution in [2.45, 2.75) is 4.90 Å². The molecule has 9 nitrogen and oxygen atoms in total. The first-order valence-electron chi connectivity index (χ1n) is 9.00. The highest BCUT2D eigenvalue weighted by molar-refractivity contribution is 7.89. The van der Waals surface area contributed by atoms with Crippen LogP contribution in [0.5, 0.6) is 0 Å². The molecule has 13 heteroatoms. The molecule has 166 valence electrons. The summed E-state index contributed by atoms with van der Waals surface area (Å²) in [5.74, 6) is -5.24. The van der Waals surface area contributed by atoms with E-state index >= 15 is 0 Å². The van der Waals surface area contributed by atoms with Gasteiger partial charge in [-0.2, -0.15) is 4.31 Å². The topological polar surface area (TPSA) is 113 Å². The molecule has 0 unspecified atom stereocenters. The standard InChI is InChI=1S/C18H17F3N4O5S/c19-14-5-6-15(18(21)17(14)20)22-16(26)11-23-7-9-24(10-8-23)31(29,30)13-3-1-12(2-4-13)25(27)28/h1-6H,7-11H2,(H,22,26). The molecule has 1 fully saturated rings. The summed E-state index contributed by atoms with van der Waals surface area (Å²) in [5, 5.41) is 12.9. The van der Waals surface area contributed by atoms with Gasteiger partial charge in [0.05, 0.1) is 22.1 Å². The van der Waals surface area contributed by atoms with Crippen LogP contribution in [0, 0.1) is 27.6 Å². The lowest BCUT2D eigenvalue weighted by Gasteiger charge is -2.33. The van der Waals surface area contributed by atoms with Gasteiger partial charge in [0.1, 0.15) is 0 Å². The van der Waals surface area contributed by atoms with Crippen LogP contribution in [0.25, 0.3) is 0 Å². The van der Waals surface area contributed by atoms with Crippen molar-refractivity contribution in [3.8, 4) is 0 Å². The van der Waals surface area contributed by atoms with E-state index in [9.17, 15) is 36.5 Å². The summed E-state index contributed by atoms with van der Waals surface area (Å²) in [6, 6.07) is 6.11. The number of sulfonamides is 1. The Hall–Kier alpha value is -3.03. The van der Waals surface area contributed by atoms with Crippen molar-refractivity contribution in [1.29, 1.82) is 0 Å². The van der Waals surface area contributed by atoms with Crippen molar-refractivity contribution in [1.82, 2.24) is 9.21 Å². The summed E-state index contributed by atoms with van der Waals surface area (Å²) in [5.41, 5.74) is -0.726. The number of carbonyl (C=O) groups is 1. The lowest BCUT2D eigenvalue weighted by Crippen LogP contribution is -2.50. The number of amides is 1. The fraction of sp³-hybridized carbons (Fsp3) is 0.278. The number of benzene rings is 2. The Kier molecular flexibility index (Phi) is 6.57. The van der Waals surface area contributed by atoms with E-state index < -0.39 is 44.0 Å². The molecule has 1 saturated heterocycles. The Labute approximate surface area is 175 Å². The fourth-order valence-corrected chi connectivity index (χ4v) is 4.45. The van der Waals surface area contributed by atoms with Crippen LogP contribution in [0.3, 0.4) is 0 Å². The van der Waals surface area contributed by atoms with Crippen LogP contribution in [-0.4, -0.2) is 61.2 Å². The third kappa shape index (κ3) is 5.00. The predicted octanol–water partition coefficient (Wildman–Crippen LogP) is 1.96. The second kappa shape index (κ2) is 8.99. The first-order chi connectivity index (χ1) is 14.6. The highest BCUT2D eigenvalue weighted by Crippen LogP contribution is 2.22. The number of hydrogen-bond acceptors (Lipinski definition) is 6. The molecule has 1 heterocycles. The normalized spacial score (nSPS) is 15.6. The Morgan fingerprint density at radius 3 is 2.19 bits per heavy atom. The molecule has 2 aromatic rings. The molecular weight excluding hydrogens is 441 g/mol. The van der Waals surface area contributed by atoms with E-state index in [1.807, 2.05) is 0 Å². The molecule has 31 heavy (non-hydrogen) atoms. The fourth-order valence-electron chi connectivity index (χ4n) is 3.03. The van der Waals surface area contributed by atoms with Crippen LogP contribution in [0.2, 0.25) is 0 Å². The highest BCUT2D eigenvalue weighted by atomic mass is 32.2. The number of halogens is 3. The highest BCUT2D eigenvalue weighted by Gasteiger charge is 2.29. The first kappa shape index (κ1) is 22.7. The van der Waals surface area contributed by atoms with Crippen LogP contribution in [0.15, 0.2) is 41.3 Å². The zero-order chi connectivity index (χ0) is 22.8. The van der Waals surface area contributed by atoms with Crippen molar-refractivity contribution in [2.24, 2.45) is 0 Å². The second-order valence-electron chi connectivity index (χ2n) is 6.70. The molecule has 0 bridgehead atoms. The lowest BCUT2D eigenvalue weighted by molar-refractivity contribution is -0.384. The molecule has 0 aliphatic carbocycles. The minimum Gasteiger partial charge on any atom is -0.322 e. The molecule has 0 saturated carbocycles. The van der Waals surface area contributed by atoms with Gasteiger partial charge in [0.15, 0.2) is 17.5 Å². The molecule has 0 radical (unpaired) electrons. The number of nitro benzene ring substituents is 1. The Balaban J connectivity index is 1.57. The number of anilines is 1. The van der Waals surface area contributed by atoms with Crippen molar-refractivity contribution < 1.29 is 31.3 Å². The van der Waals surface area contributed by atoms with Crippen molar-refractivity contribution >= 4 is 27.3 Å². The number of piperazine rings is 1. The molecule has 1 amide bonds. The van der Waals surface area contributed by atoms with Gasteiger partial charge in [-0.15, -0.1) is 0 Å². The Morgan fingerprint density at radius 1 is 1.00 bits per heavy atom. The van der Waals surface area contributed by atoms with Gasteiger partial charge in [0.2, 0.25) is 15.9 Å². The molecule has 0 aromatic heterocycles. The van der Waals surface area contributed by atoms with Crippen LogP contribution < -0.4 is 5.32 Å². The third-order valence-corrected chi connectivity index (χ3v) is 6.61. The average Bonchev–Trinajstić information content (AvgIpc) is 2.74. The van der Waals surface area contributed by atoms with Crippen LogP contribution in [0.4, 0.5) is 24.5 Å². The molecule has 3 rings (SSSR count). The molecule has 1 N–H and O–H groups in total. The summed E-state index contributed by atoms with van der Waals surface area (Å²) in [6.45, 7) is 0.307. The van der Waals surface area contributed by atoms with Gasteiger partial charge < -0.3 is 5.32 Å². The van der Waals surface area contributed by atoms with Crippen molar-refractivity contribution in [3.63, 3.8) is 0 Å². The first-order valence-corrected chi connectivity index (χ1v) is 10.4. The van der Waals surface area contributed by atoms with E-state index in [2.05, 4.69) is 5.32 Å². The molecule has 1 aliphatic heterocycles. The quantitative estimate of drug-likeness (QED) is 0.402. The van der Waals surface area contributed by atoms with Gasteiger partial charge in [0, 0.05) is 38.3 Å². The van der Waals surface area contributed by atoms with Gasteiger partial charge in [-0.3, -0.25) is 19.8 Å². The maximum Gasteiger partial charge on any atom is 0.269 e. The number of rotatable bonds is 6. The molecule has 0 spiro atoms. The van der Waals surface area contributed by atoms with Gasteiger partial charge in [-0.25, -0.2) is 21.6 Å². The van der Waals surface area contributed by atoms with E-state index in [4.69, 9.17) is 0 Å². The zero-order valence-electron chi connectivity index (χ0n) is 15.9. The summed E-state index contributed by atoms with van der Waals surface area (Å²) in [4.78, 5) is 23.7. The van der Waals surface area contributed by atoms with E-state index in [-0.39, 0.29) is 43.3 Å². The summed E-state index contributed by atoms with van der Waals surface area (Å²) in [7, 11) is -3.86. The summed E-state index contributed by atoms with van der Waals surface area (Å²) in [6.07, 6.45) is 0. The van der Waals surface area contributed by atoms with E-state index in [0.29, 0.717) is 6.07 Å². The van der Waals surface area contributed by atoms with E-state index in [0.717, 1.165) is 30.3 Å². The predicted molar refractivity (Wildman–Crippen MR) is 103 cm³/mol. The largest absolute Gasteiger partial charge is 0.322 e. The number of hydrogen-bond donors (Lipinski definition) is 1. The minimum atomic E-state index is -3.86. The number of nitrogens with one attached hydrogen (secondary N) is 1. The SMILES string of the molecule is O=C(CN1CCN(S(=O)(=O)c2ccc([N+](=O)[O-])cc2)CC1)Nc1ccc(F)c(F)c1F. The number of nitrogens with zero attached hydrogens (tertiary/aromatic N) is 3. The van der Waals surface area contributed by atoms with Crippen LogP contribution in [0.1, 0.15) is 0 Å². The Bertz CT molecular complexity index is 1100. The molecular formula is C18H17F3N4O5S. The summed E-state index contributed by atoms with van der Waals surface area (Å²) < 4.78 is 66.4. The maximum atomic E-state index is 13.7. The summed E-state index contributed by atoms with van der Waals surface area (Å²) >= 11 is 0. The average molecular weight is 458 g/mol. The van der Waals surface area contributed by atoms with Crippen molar-refractivity contribution in [2.75, 3.05) is 38.0 Å². The number of non-ortho nitro benzene ring substituents is 1. The lowest BCUT2D eigenvalue weighted by atomic mass is 10.2. The number of nitro groups is 1. The third-order valence-electron chi connectivity index (χ3n) is 4.69. The van der Waals surface area contributed by atoms with Gasteiger partial charge in [-0.05, 0) is 24.3 Å². The smallest absolute Gasteiger partial charge is 0.269 e. The van der Waals surface area contributed by atoms with Gasteiger partial charge >= 0.3 is 0 Å². The van der Waals surface area contributed by atoms with Crippen molar-refractivity contribution in [3.05, 3.63) is 64.0 Å². The Morgan fingerprint density at radius 2 is 1.61 bits per heavy atom. The van der Waals surface area contributed by atoms with Crippen LogP contribution in [-0.2, 0) is 14.8 Å². The van der Waals surface area contributed by atoms with Gasteiger partial charge in [-0.1, -0.05) is 0 Å². The minimum absolute atomic E-state index is 0.0616.